The average molecular weight is 279 g/mol. The van der Waals surface area contributed by atoms with E-state index in [9.17, 15) is 13.2 Å². The minimum atomic E-state index is -4.43. The zero-order valence-corrected chi connectivity index (χ0v) is 9.96. The summed E-state index contributed by atoms with van der Waals surface area (Å²) in [6.07, 6.45) is -0.571. The zero-order valence-electron chi connectivity index (χ0n) is 9.96. The normalized spacial score (nSPS) is 11.9. The highest BCUT2D eigenvalue weighted by Crippen LogP contribution is 2.30. The minimum Gasteiger partial charge on any atom is -0.397 e. The van der Waals surface area contributed by atoms with Crippen molar-refractivity contribution < 1.29 is 13.2 Å². The van der Waals surface area contributed by atoms with Crippen molar-refractivity contribution in [1.82, 2.24) is 19.6 Å². The Morgan fingerprint density at radius 3 is 2.60 bits per heavy atom. The molecular weight excluding hydrogens is 271 g/mol. The van der Waals surface area contributed by atoms with Crippen LogP contribution in [-0.2, 0) is 6.18 Å². The Balaban J connectivity index is 2.22. The van der Waals surface area contributed by atoms with Crippen LogP contribution in [-0.4, -0.2) is 19.6 Å². The fourth-order valence-corrected chi connectivity index (χ4v) is 1.84. The lowest BCUT2D eigenvalue weighted by atomic mass is 10.2. The zero-order chi connectivity index (χ0) is 14.3. The van der Waals surface area contributed by atoms with E-state index in [0.717, 1.165) is 12.3 Å². The minimum absolute atomic E-state index is 0.255. The fraction of sp³-hybridized carbons (Fsp3) is 0.0833. The maximum atomic E-state index is 12.7. The van der Waals surface area contributed by atoms with Crippen LogP contribution in [0.25, 0.3) is 17.0 Å². The third-order valence-electron chi connectivity index (χ3n) is 2.75. The molecule has 0 radical (unpaired) electrons. The molecule has 5 nitrogen and oxygen atoms in total. The highest BCUT2D eigenvalue weighted by molar-refractivity contribution is 5.62. The van der Waals surface area contributed by atoms with Crippen molar-refractivity contribution in [2.24, 2.45) is 0 Å². The van der Waals surface area contributed by atoms with E-state index in [1.54, 1.807) is 6.07 Å². The molecule has 0 saturated carbocycles. The molecule has 0 amide bonds. The predicted octanol–water partition coefficient (Wildman–Crippen LogP) is 2.39. The largest absolute Gasteiger partial charge is 0.417 e. The lowest BCUT2D eigenvalue weighted by Gasteiger charge is -2.07. The lowest BCUT2D eigenvalue weighted by molar-refractivity contribution is -0.137. The van der Waals surface area contributed by atoms with Crippen molar-refractivity contribution in [3.63, 3.8) is 0 Å². The maximum Gasteiger partial charge on any atom is 0.417 e. The number of hydrogen-bond acceptors (Lipinski definition) is 4. The van der Waals surface area contributed by atoms with E-state index < -0.39 is 11.7 Å². The highest BCUT2D eigenvalue weighted by atomic mass is 19.4. The molecule has 3 rings (SSSR count). The molecule has 3 heterocycles. The summed E-state index contributed by atoms with van der Waals surface area (Å²) in [5, 5.41) is 7.70. The summed E-state index contributed by atoms with van der Waals surface area (Å²) in [6.45, 7) is 0. The number of nitrogens with two attached hydrogens (primary N) is 1. The third kappa shape index (κ3) is 2.04. The van der Waals surface area contributed by atoms with Gasteiger partial charge < -0.3 is 5.73 Å². The standard InChI is InChI=1S/C12H8F3N5/c13-12(14,15)8-1-2-10-18-19-11(20(10)6-8)7-3-9(16)5-17-4-7/h1-6H,16H2. The van der Waals surface area contributed by atoms with Gasteiger partial charge in [0.2, 0.25) is 0 Å². The van der Waals surface area contributed by atoms with Gasteiger partial charge in [-0.3, -0.25) is 9.38 Å². The summed E-state index contributed by atoms with van der Waals surface area (Å²) in [5.74, 6) is 0.255. The summed E-state index contributed by atoms with van der Waals surface area (Å²) in [4.78, 5) is 3.89. The highest BCUT2D eigenvalue weighted by Gasteiger charge is 2.31. The molecule has 20 heavy (non-hydrogen) atoms. The van der Waals surface area contributed by atoms with Crippen LogP contribution < -0.4 is 5.73 Å². The molecule has 102 valence electrons. The Morgan fingerprint density at radius 1 is 1.10 bits per heavy atom. The molecule has 0 spiro atoms. The van der Waals surface area contributed by atoms with E-state index in [4.69, 9.17) is 5.73 Å². The van der Waals surface area contributed by atoms with Gasteiger partial charge in [0.25, 0.3) is 0 Å². The Bertz CT molecular complexity index is 778. The molecule has 0 atom stereocenters. The second-order valence-corrected chi connectivity index (χ2v) is 4.17. The van der Waals surface area contributed by atoms with Crippen LogP contribution in [0.3, 0.4) is 0 Å². The molecule has 0 aliphatic heterocycles. The van der Waals surface area contributed by atoms with Crippen molar-refractivity contribution >= 4 is 11.3 Å². The van der Waals surface area contributed by atoms with Crippen LogP contribution >= 0.6 is 0 Å². The van der Waals surface area contributed by atoms with E-state index in [1.165, 1.54) is 22.9 Å². The molecule has 0 fully saturated rings. The van der Waals surface area contributed by atoms with Gasteiger partial charge in [-0.15, -0.1) is 10.2 Å². The van der Waals surface area contributed by atoms with Crippen LogP contribution in [0, 0.1) is 0 Å². The number of alkyl halides is 3. The summed E-state index contributed by atoms with van der Waals surface area (Å²) < 4.78 is 39.5. The molecule has 0 bridgehead atoms. The molecule has 3 aromatic rings. The molecule has 0 aliphatic rings. The average Bonchev–Trinajstić information content (AvgIpc) is 2.80. The van der Waals surface area contributed by atoms with E-state index in [2.05, 4.69) is 15.2 Å². The molecule has 0 aliphatic carbocycles. The number of anilines is 1. The van der Waals surface area contributed by atoms with Gasteiger partial charge in [0, 0.05) is 24.2 Å². The number of aromatic nitrogens is 4. The third-order valence-corrected chi connectivity index (χ3v) is 2.75. The number of nitrogen functional groups attached to an aromatic ring is 1. The van der Waals surface area contributed by atoms with Crippen molar-refractivity contribution in [2.45, 2.75) is 6.18 Å². The van der Waals surface area contributed by atoms with Crippen molar-refractivity contribution in [2.75, 3.05) is 5.73 Å². The van der Waals surface area contributed by atoms with Gasteiger partial charge in [-0.2, -0.15) is 13.2 Å². The molecule has 8 heteroatoms. The van der Waals surface area contributed by atoms with Crippen molar-refractivity contribution in [3.05, 3.63) is 42.4 Å². The topological polar surface area (TPSA) is 69.1 Å². The number of fused-ring (bicyclic) bond motifs is 1. The van der Waals surface area contributed by atoms with Gasteiger partial charge >= 0.3 is 6.18 Å². The van der Waals surface area contributed by atoms with Crippen molar-refractivity contribution in [1.29, 1.82) is 0 Å². The molecule has 0 unspecified atom stereocenters. The monoisotopic (exact) mass is 279 g/mol. The van der Waals surface area contributed by atoms with E-state index in [1.807, 2.05) is 0 Å². The maximum absolute atomic E-state index is 12.7. The van der Waals surface area contributed by atoms with Crippen LogP contribution in [0.5, 0.6) is 0 Å². The Labute approximate surface area is 110 Å². The SMILES string of the molecule is Nc1cncc(-c2nnc3ccc(C(F)(F)F)cn23)c1. The number of hydrogen-bond donors (Lipinski definition) is 1. The van der Waals surface area contributed by atoms with Crippen LogP contribution in [0.15, 0.2) is 36.8 Å². The molecule has 0 aromatic carbocycles. The fourth-order valence-electron chi connectivity index (χ4n) is 1.84. The smallest absolute Gasteiger partial charge is 0.397 e. The second kappa shape index (κ2) is 4.19. The first-order chi connectivity index (χ1) is 9.45. The Morgan fingerprint density at radius 2 is 1.90 bits per heavy atom. The van der Waals surface area contributed by atoms with Crippen LogP contribution in [0.1, 0.15) is 5.56 Å². The van der Waals surface area contributed by atoms with E-state index in [0.29, 0.717) is 16.9 Å². The number of halogens is 3. The van der Waals surface area contributed by atoms with Gasteiger partial charge in [-0.25, -0.2) is 0 Å². The first-order valence-corrected chi connectivity index (χ1v) is 5.58. The summed E-state index contributed by atoms with van der Waals surface area (Å²) in [7, 11) is 0. The molecule has 3 aromatic heterocycles. The van der Waals surface area contributed by atoms with Gasteiger partial charge in [0.1, 0.15) is 0 Å². The summed E-state index contributed by atoms with van der Waals surface area (Å²) in [5.41, 5.74) is 6.04. The van der Waals surface area contributed by atoms with Gasteiger partial charge in [-0.05, 0) is 18.2 Å². The molecule has 0 saturated heterocycles. The van der Waals surface area contributed by atoms with E-state index >= 15 is 0 Å². The second-order valence-electron chi connectivity index (χ2n) is 4.17. The molecular formula is C12H8F3N5. The molecule has 2 N–H and O–H groups in total. The van der Waals surface area contributed by atoms with Crippen LogP contribution in [0.4, 0.5) is 18.9 Å². The number of pyridine rings is 2. The summed E-state index contributed by atoms with van der Waals surface area (Å²) in [6, 6.07) is 3.80. The quantitative estimate of drug-likeness (QED) is 0.742. The lowest BCUT2D eigenvalue weighted by Crippen LogP contribution is -2.06. The van der Waals surface area contributed by atoms with E-state index in [-0.39, 0.29) is 5.82 Å². The van der Waals surface area contributed by atoms with Crippen molar-refractivity contribution in [3.8, 4) is 11.4 Å². The van der Waals surface area contributed by atoms with Gasteiger partial charge in [0.15, 0.2) is 11.5 Å². The number of nitrogens with zero attached hydrogens (tertiary/aromatic N) is 4. The first kappa shape index (κ1) is 12.4. The number of rotatable bonds is 1. The summed E-state index contributed by atoms with van der Waals surface area (Å²) >= 11 is 0. The Kier molecular flexibility index (Phi) is 2.60. The predicted molar refractivity (Wildman–Crippen MR) is 65.6 cm³/mol. The first-order valence-electron chi connectivity index (χ1n) is 5.58. The van der Waals surface area contributed by atoms with Gasteiger partial charge in [0.05, 0.1) is 11.3 Å². The van der Waals surface area contributed by atoms with Gasteiger partial charge in [-0.1, -0.05) is 0 Å². The van der Waals surface area contributed by atoms with Crippen LogP contribution in [0.2, 0.25) is 0 Å². The Hall–Kier alpha value is -2.64.